The number of aromatic carboxylic acids is 1. The smallest absolute Gasteiger partial charge is 0.371 e. The second-order valence-corrected chi connectivity index (χ2v) is 10.7. The number of thioether (sulfide) groups is 1. The number of amides is 1. The lowest BCUT2D eigenvalue weighted by Crippen LogP contribution is -2.31. The van der Waals surface area contributed by atoms with Crippen LogP contribution in [-0.2, 0) is 17.8 Å². The van der Waals surface area contributed by atoms with Gasteiger partial charge in [0.2, 0.25) is 5.76 Å². The van der Waals surface area contributed by atoms with Gasteiger partial charge in [0.15, 0.2) is 5.17 Å². The summed E-state index contributed by atoms with van der Waals surface area (Å²) < 4.78 is 16.2. The van der Waals surface area contributed by atoms with Crippen LogP contribution in [0.5, 0.6) is 11.5 Å². The molecule has 1 aliphatic heterocycles. The van der Waals surface area contributed by atoms with Crippen molar-refractivity contribution in [1.29, 1.82) is 0 Å². The largest absolute Gasteiger partial charge is 0.497 e. The lowest BCUT2D eigenvalue weighted by molar-refractivity contribution is -0.122. The van der Waals surface area contributed by atoms with Gasteiger partial charge in [0.25, 0.3) is 5.91 Å². The molecule has 0 unspecified atom stereocenters. The fourth-order valence-electron chi connectivity index (χ4n) is 4.66. The molecule has 1 amide bonds. The van der Waals surface area contributed by atoms with E-state index in [1.165, 1.54) is 17.8 Å². The first-order chi connectivity index (χ1) is 21.0. The predicted molar refractivity (Wildman–Crippen MR) is 166 cm³/mol. The highest BCUT2D eigenvalue weighted by Gasteiger charge is 2.33. The standard InChI is InChI=1S/C33H27N3O6S/c1-40-24-12-8-23(9-13-24)35-33-36(17-16-22-19-34-28-5-3-2-4-27(22)28)31(37)30(43-33)18-21-6-10-25(11-7-21)41-20-26-14-15-29(42-26)32(38)39/h2-15,18-19,34H,16-17,20H2,1H3,(H,38,39). The second kappa shape index (κ2) is 12.3. The van der Waals surface area contributed by atoms with Gasteiger partial charge in [-0.3, -0.25) is 9.69 Å². The van der Waals surface area contributed by atoms with Crippen molar-refractivity contribution in [2.45, 2.75) is 13.0 Å². The Morgan fingerprint density at radius 3 is 2.53 bits per heavy atom. The Bertz CT molecular complexity index is 1840. The average Bonchev–Trinajstić information content (AvgIpc) is 3.74. The third-order valence-corrected chi connectivity index (χ3v) is 7.90. The van der Waals surface area contributed by atoms with Gasteiger partial charge in [-0.05, 0) is 90.0 Å². The minimum absolute atomic E-state index is 0.0959. The molecule has 5 aromatic rings. The summed E-state index contributed by atoms with van der Waals surface area (Å²) in [5.74, 6) is 0.360. The number of carbonyl (C=O) groups is 2. The maximum absolute atomic E-state index is 13.7. The van der Waals surface area contributed by atoms with Crippen molar-refractivity contribution in [2.24, 2.45) is 4.99 Å². The second-order valence-electron chi connectivity index (χ2n) is 9.70. The number of H-pyrrole nitrogens is 1. The molecule has 10 heteroatoms. The van der Waals surface area contributed by atoms with Crippen LogP contribution in [0.25, 0.3) is 17.0 Å². The molecule has 0 radical (unpaired) electrons. The normalized spacial score (nSPS) is 15.1. The number of carboxylic acid groups (broad SMARTS) is 1. The van der Waals surface area contributed by atoms with Crippen LogP contribution >= 0.6 is 11.8 Å². The molecule has 0 spiro atoms. The van der Waals surface area contributed by atoms with E-state index >= 15 is 0 Å². The highest BCUT2D eigenvalue weighted by atomic mass is 32.2. The Morgan fingerprint density at radius 1 is 1.02 bits per heavy atom. The molecule has 3 heterocycles. The Labute approximate surface area is 251 Å². The van der Waals surface area contributed by atoms with Crippen LogP contribution in [0, 0.1) is 0 Å². The van der Waals surface area contributed by atoms with E-state index in [1.54, 1.807) is 30.2 Å². The van der Waals surface area contributed by atoms with Crippen LogP contribution in [-0.4, -0.2) is 45.7 Å². The van der Waals surface area contributed by atoms with E-state index in [0.717, 1.165) is 33.5 Å². The van der Waals surface area contributed by atoms with Crippen LogP contribution in [0.3, 0.4) is 0 Å². The number of carboxylic acids is 1. The molecule has 0 saturated carbocycles. The topological polar surface area (TPSA) is 117 Å². The number of amidine groups is 1. The SMILES string of the molecule is COc1ccc(N=C2SC(=Cc3ccc(OCc4ccc(C(=O)O)o4)cc3)C(=O)N2CCc2c[nH]c3ccccc23)cc1. The van der Waals surface area contributed by atoms with Crippen molar-refractivity contribution < 1.29 is 28.6 Å². The van der Waals surface area contributed by atoms with Crippen LogP contribution in [0.4, 0.5) is 5.69 Å². The number of nitrogens with one attached hydrogen (secondary N) is 1. The van der Waals surface area contributed by atoms with Crippen molar-refractivity contribution in [1.82, 2.24) is 9.88 Å². The summed E-state index contributed by atoms with van der Waals surface area (Å²) in [5, 5.41) is 10.8. The first-order valence-corrected chi connectivity index (χ1v) is 14.3. The number of fused-ring (bicyclic) bond motifs is 1. The quantitative estimate of drug-likeness (QED) is 0.169. The molecule has 2 N–H and O–H groups in total. The highest BCUT2D eigenvalue weighted by Crippen LogP contribution is 2.35. The predicted octanol–water partition coefficient (Wildman–Crippen LogP) is 6.89. The van der Waals surface area contributed by atoms with Crippen LogP contribution < -0.4 is 9.47 Å². The zero-order valence-corrected chi connectivity index (χ0v) is 24.0. The van der Waals surface area contributed by atoms with Crippen molar-refractivity contribution in [2.75, 3.05) is 13.7 Å². The molecule has 0 bridgehead atoms. The number of nitrogens with zero attached hydrogens (tertiary/aromatic N) is 2. The summed E-state index contributed by atoms with van der Waals surface area (Å²) in [7, 11) is 1.62. The van der Waals surface area contributed by atoms with E-state index in [0.29, 0.717) is 34.5 Å². The first-order valence-electron chi connectivity index (χ1n) is 13.5. The zero-order chi connectivity index (χ0) is 29.8. The van der Waals surface area contributed by atoms with Gasteiger partial charge in [0, 0.05) is 23.6 Å². The third-order valence-electron chi connectivity index (χ3n) is 6.90. The van der Waals surface area contributed by atoms with E-state index < -0.39 is 5.97 Å². The van der Waals surface area contributed by atoms with Crippen LogP contribution in [0.1, 0.15) is 27.4 Å². The number of aromatic nitrogens is 1. The lowest BCUT2D eigenvalue weighted by atomic mass is 10.1. The number of ether oxygens (including phenoxy) is 2. The summed E-state index contributed by atoms with van der Waals surface area (Å²) in [5.41, 5.74) is 3.76. The fraction of sp³-hybridized carbons (Fsp3) is 0.121. The number of furan rings is 1. The molecule has 43 heavy (non-hydrogen) atoms. The number of benzene rings is 3. The van der Waals surface area contributed by atoms with E-state index in [4.69, 9.17) is 24.0 Å². The number of hydrogen-bond donors (Lipinski definition) is 2. The van der Waals surface area contributed by atoms with Gasteiger partial charge in [0.1, 0.15) is 23.9 Å². The molecule has 1 aliphatic rings. The monoisotopic (exact) mass is 593 g/mol. The molecule has 1 saturated heterocycles. The van der Waals surface area contributed by atoms with Gasteiger partial charge >= 0.3 is 5.97 Å². The van der Waals surface area contributed by atoms with Gasteiger partial charge in [-0.2, -0.15) is 0 Å². The number of hydrogen-bond acceptors (Lipinski definition) is 7. The molecule has 0 aliphatic carbocycles. The number of methoxy groups -OCH3 is 1. The molecular weight excluding hydrogens is 566 g/mol. The van der Waals surface area contributed by atoms with E-state index in [1.807, 2.05) is 66.9 Å². The lowest BCUT2D eigenvalue weighted by Gasteiger charge is -2.15. The molecule has 0 atom stereocenters. The summed E-state index contributed by atoms with van der Waals surface area (Å²) >= 11 is 1.34. The van der Waals surface area contributed by atoms with Gasteiger partial charge < -0.3 is 24.0 Å². The first kappa shape index (κ1) is 27.9. The molecular formula is C33H27N3O6S. The minimum Gasteiger partial charge on any atom is -0.497 e. The minimum atomic E-state index is -1.13. The molecule has 6 rings (SSSR count). The number of rotatable bonds is 10. The van der Waals surface area contributed by atoms with Gasteiger partial charge in [0.05, 0.1) is 17.7 Å². The Balaban J connectivity index is 1.20. The highest BCUT2D eigenvalue weighted by molar-refractivity contribution is 8.18. The Hall–Kier alpha value is -5.22. The number of aliphatic imine (C=N–C) groups is 1. The number of carbonyl (C=O) groups excluding carboxylic acids is 1. The summed E-state index contributed by atoms with van der Waals surface area (Å²) in [6.07, 6.45) is 4.51. The molecule has 216 valence electrons. The van der Waals surface area contributed by atoms with Crippen molar-refractivity contribution in [3.8, 4) is 11.5 Å². The van der Waals surface area contributed by atoms with Crippen molar-refractivity contribution >= 4 is 51.5 Å². The van der Waals surface area contributed by atoms with Crippen LogP contribution in [0.15, 0.2) is 105 Å². The molecule has 9 nitrogen and oxygen atoms in total. The Morgan fingerprint density at radius 2 is 1.79 bits per heavy atom. The molecule has 2 aromatic heterocycles. The number of para-hydroxylation sites is 1. The van der Waals surface area contributed by atoms with Gasteiger partial charge in [-0.25, -0.2) is 9.79 Å². The number of aromatic amines is 1. The third kappa shape index (κ3) is 6.34. The van der Waals surface area contributed by atoms with Crippen molar-refractivity contribution in [3.63, 3.8) is 0 Å². The zero-order valence-electron chi connectivity index (χ0n) is 23.2. The fourth-order valence-corrected chi connectivity index (χ4v) is 5.69. The molecule has 3 aromatic carbocycles. The van der Waals surface area contributed by atoms with Gasteiger partial charge in [-0.15, -0.1) is 0 Å². The van der Waals surface area contributed by atoms with E-state index in [2.05, 4.69) is 11.1 Å². The van der Waals surface area contributed by atoms with E-state index in [-0.39, 0.29) is 18.3 Å². The summed E-state index contributed by atoms with van der Waals surface area (Å²) in [6, 6.07) is 25.8. The molecule has 1 fully saturated rings. The summed E-state index contributed by atoms with van der Waals surface area (Å²) in [6.45, 7) is 0.571. The van der Waals surface area contributed by atoms with Crippen molar-refractivity contribution in [3.05, 3.63) is 119 Å². The van der Waals surface area contributed by atoms with Crippen LogP contribution in [0.2, 0.25) is 0 Å². The van der Waals surface area contributed by atoms with Gasteiger partial charge in [-0.1, -0.05) is 30.3 Å². The Kier molecular flexibility index (Phi) is 8.01. The summed E-state index contributed by atoms with van der Waals surface area (Å²) in [4.78, 5) is 35.1. The van der Waals surface area contributed by atoms with E-state index in [9.17, 15) is 9.59 Å². The average molecular weight is 594 g/mol. The maximum atomic E-state index is 13.7. The maximum Gasteiger partial charge on any atom is 0.371 e.